The van der Waals surface area contributed by atoms with Crippen LogP contribution in [0.25, 0.3) is 11.0 Å². The maximum atomic E-state index is 12.3. The highest BCUT2D eigenvalue weighted by atomic mass is 32.2. The van der Waals surface area contributed by atoms with Crippen molar-refractivity contribution in [1.82, 2.24) is 15.4 Å². The number of nitrogens with zero attached hydrogens (tertiary/aromatic N) is 2. The zero-order valence-electron chi connectivity index (χ0n) is 11.1. The highest BCUT2D eigenvalue weighted by Crippen LogP contribution is 2.21. The first-order valence-corrected chi connectivity index (χ1v) is 7.54. The Morgan fingerprint density at radius 3 is 2.48 bits per heavy atom. The van der Waals surface area contributed by atoms with E-state index in [-0.39, 0.29) is 4.90 Å². The molecule has 0 radical (unpaired) electrons. The lowest BCUT2D eigenvalue weighted by molar-refractivity contribution is 0.414. The molecule has 0 spiro atoms. The van der Waals surface area contributed by atoms with Crippen LogP contribution in [0.3, 0.4) is 0 Å². The Morgan fingerprint density at radius 2 is 1.76 bits per heavy atom. The van der Waals surface area contributed by atoms with E-state index in [2.05, 4.69) is 20.1 Å². The van der Waals surface area contributed by atoms with Crippen LogP contribution in [0.1, 0.15) is 0 Å². The van der Waals surface area contributed by atoms with Gasteiger partial charge in [0.15, 0.2) is 0 Å². The number of hydrogen-bond acceptors (Lipinski definition) is 5. The zero-order valence-corrected chi connectivity index (χ0v) is 11.9. The largest absolute Gasteiger partial charge is 0.497 e. The van der Waals surface area contributed by atoms with Crippen molar-refractivity contribution in [1.29, 1.82) is 0 Å². The van der Waals surface area contributed by atoms with Gasteiger partial charge in [-0.3, -0.25) is 4.72 Å². The van der Waals surface area contributed by atoms with E-state index in [1.807, 2.05) is 0 Å². The van der Waals surface area contributed by atoms with Crippen molar-refractivity contribution >= 4 is 26.7 Å². The molecule has 0 amide bonds. The molecule has 0 atom stereocenters. The average molecular weight is 304 g/mol. The number of anilines is 1. The Labute approximate surface area is 121 Å². The molecule has 0 saturated heterocycles. The third kappa shape index (κ3) is 2.65. The lowest BCUT2D eigenvalue weighted by Crippen LogP contribution is -2.12. The van der Waals surface area contributed by atoms with Crippen LogP contribution in [-0.4, -0.2) is 30.9 Å². The van der Waals surface area contributed by atoms with Gasteiger partial charge in [-0.2, -0.15) is 15.4 Å². The molecule has 7 nitrogen and oxygen atoms in total. The van der Waals surface area contributed by atoms with Crippen LogP contribution in [0.15, 0.2) is 47.4 Å². The van der Waals surface area contributed by atoms with E-state index in [0.29, 0.717) is 22.5 Å². The number of H-pyrrole nitrogens is 1. The third-order valence-electron chi connectivity index (χ3n) is 2.94. The second kappa shape index (κ2) is 5.06. The lowest BCUT2D eigenvalue weighted by atomic mass is 10.3. The van der Waals surface area contributed by atoms with Crippen LogP contribution in [0.2, 0.25) is 0 Å². The molecule has 108 valence electrons. The summed E-state index contributed by atoms with van der Waals surface area (Å²) in [7, 11) is -2.13. The number of rotatable bonds is 4. The summed E-state index contributed by atoms with van der Waals surface area (Å²) in [6.45, 7) is 0. The number of fused-ring (bicyclic) bond motifs is 1. The normalized spacial score (nSPS) is 11.5. The first-order valence-electron chi connectivity index (χ1n) is 6.06. The van der Waals surface area contributed by atoms with E-state index in [1.54, 1.807) is 30.3 Å². The summed E-state index contributed by atoms with van der Waals surface area (Å²) in [6, 6.07) is 11.1. The van der Waals surface area contributed by atoms with Gasteiger partial charge in [-0.25, -0.2) is 8.42 Å². The van der Waals surface area contributed by atoms with Crippen LogP contribution in [0.4, 0.5) is 5.69 Å². The van der Waals surface area contributed by atoms with Crippen LogP contribution >= 0.6 is 0 Å². The smallest absolute Gasteiger partial charge is 0.261 e. The van der Waals surface area contributed by atoms with Crippen molar-refractivity contribution in [3.8, 4) is 5.75 Å². The van der Waals surface area contributed by atoms with Crippen molar-refractivity contribution in [2.24, 2.45) is 0 Å². The molecule has 1 heterocycles. The Kier molecular flexibility index (Phi) is 3.22. The lowest BCUT2D eigenvalue weighted by Gasteiger charge is -2.08. The molecule has 2 aromatic carbocycles. The summed E-state index contributed by atoms with van der Waals surface area (Å²) in [5.74, 6) is 0.595. The van der Waals surface area contributed by atoms with Crippen molar-refractivity contribution < 1.29 is 13.2 Å². The Morgan fingerprint density at radius 1 is 1.05 bits per heavy atom. The Bertz CT molecular complexity index is 872. The summed E-state index contributed by atoms with van der Waals surface area (Å²) in [4.78, 5) is 0.156. The van der Waals surface area contributed by atoms with Crippen molar-refractivity contribution in [2.75, 3.05) is 11.8 Å². The van der Waals surface area contributed by atoms with Gasteiger partial charge >= 0.3 is 0 Å². The molecule has 8 heteroatoms. The van der Waals surface area contributed by atoms with Gasteiger partial charge in [-0.05, 0) is 42.5 Å². The fraction of sp³-hybridized carbons (Fsp3) is 0.0769. The second-order valence-electron chi connectivity index (χ2n) is 4.31. The summed E-state index contributed by atoms with van der Waals surface area (Å²) in [6.07, 6.45) is 0. The van der Waals surface area contributed by atoms with E-state index < -0.39 is 10.0 Å². The Hall–Kier alpha value is -2.61. The molecule has 2 N–H and O–H groups in total. The average Bonchev–Trinajstić information content (AvgIpc) is 2.94. The molecule has 0 saturated carbocycles. The number of benzene rings is 2. The highest BCUT2D eigenvalue weighted by Gasteiger charge is 2.14. The van der Waals surface area contributed by atoms with Gasteiger partial charge in [0.05, 0.1) is 17.7 Å². The predicted octanol–water partition coefficient (Wildman–Crippen LogP) is 1.77. The number of sulfonamides is 1. The Balaban J connectivity index is 1.90. The summed E-state index contributed by atoms with van der Waals surface area (Å²) in [5.41, 5.74) is 1.68. The summed E-state index contributed by atoms with van der Waals surface area (Å²) >= 11 is 0. The molecule has 21 heavy (non-hydrogen) atoms. The molecule has 3 aromatic rings. The molecule has 0 fully saturated rings. The molecule has 3 rings (SSSR count). The topological polar surface area (TPSA) is 97.0 Å². The van der Waals surface area contributed by atoms with Crippen molar-refractivity contribution in [2.45, 2.75) is 4.90 Å². The number of methoxy groups -OCH3 is 1. The van der Waals surface area contributed by atoms with E-state index in [4.69, 9.17) is 4.74 Å². The van der Waals surface area contributed by atoms with Crippen molar-refractivity contribution in [3.63, 3.8) is 0 Å². The molecule has 1 aromatic heterocycles. The van der Waals surface area contributed by atoms with Crippen LogP contribution in [-0.2, 0) is 10.0 Å². The quantitative estimate of drug-likeness (QED) is 0.765. The van der Waals surface area contributed by atoms with Gasteiger partial charge in [-0.15, -0.1) is 0 Å². The third-order valence-corrected chi connectivity index (χ3v) is 4.34. The predicted molar refractivity (Wildman–Crippen MR) is 77.7 cm³/mol. The minimum atomic E-state index is -3.65. The van der Waals surface area contributed by atoms with Crippen molar-refractivity contribution in [3.05, 3.63) is 42.5 Å². The number of hydrogen-bond donors (Lipinski definition) is 2. The SMILES string of the molecule is COc1ccc(S(=O)(=O)Nc2ccc3n[nH]nc3c2)cc1. The van der Waals surface area contributed by atoms with E-state index >= 15 is 0 Å². The maximum Gasteiger partial charge on any atom is 0.261 e. The molecule has 0 aliphatic carbocycles. The summed E-state index contributed by atoms with van der Waals surface area (Å²) < 4.78 is 32.1. The van der Waals surface area contributed by atoms with E-state index in [0.717, 1.165) is 0 Å². The van der Waals surface area contributed by atoms with Gasteiger partial charge in [0.2, 0.25) is 0 Å². The minimum absolute atomic E-state index is 0.156. The highest BCUT2D eigenvalue weighted by molar-refractivity contribution is 7.92. The molecular weight excluding hydrogens is 292 g/mol. The monoisotopic (exact) mass is 304 g/mol. The summed E-state index contributed by atoms with van der Waals surface area (Å²) in [5, 5.41) is 10.3. The minimum Gasteiger partial charge on any atom is -0.497 e. The van der Waals surface area contributed by atoms with Gasteiger partial charge in [0.1, 0.15) is 16.8 Å². The number of ether oxygens (including phenoxy) is 1. The second-order valence-corrected chi connectivity index (χ2v) is 5.99. The number of aromatic amines is 1. The standard InChI is InChI=1S/C13H12N4O3S/c1-20-10-3-5-11(6-4-10)21(18,19)16-9-2-7-12-13(8-9)15-17-14-12/h2-8,16H,1H3,(H,14,15,17). The van der Waals surface area contributed by atoms with Gasteiger partial charge in [-0.1, -0.05) is 0 Å². The first kappa shape index (κ1) is 13.4. The van der Waals surface area contributed by atoms with Crippen LogP contribution < -0.4 is 9.46 Å². The fourth-order valence-corrected chi connectivity index (χ4v) is 2.92. The van der Waals surface area contributed by atoms with Crippen LogP contribution in [0, 0.1) is 0 Å². The molecular formula is C13H12N4O3S. The fourth-order valence-electron chi connectivity index (χ4n) is 1.87. The van der Waals surface area contributed by atoms with E-state index in [9.17, 15) is 8.42 Å². The van der Waals surface area contributed by atoms with E-state index in [1.165, 1.54) is 19.2 Å². The van der Waals surface area contributed by atoms with Gasteiger partial charge in [0, 0.05) is 0 Å². The molecule has 0 bridgehead atoms. The van der Waals surface area contributed by atoms with Gasteiger partial charge in [0.25, 0.3) is 10.0 Å². The first-order chi connectivity index (χ1) is 10.1. The zero-order chi connectivity index (χ0) is 14.9. The maximum absolute atomic E-state index is 12.3. The number of aromatic nitrogens is 3. The molecule has 0 unspecified atom stereocenters. The molecule has 0 aliphatic rings. The molecule has 0 aliphatic heterocycles. The van der Waals surface area contributed by atoms with Crippen LogP contribution in [0.5, 0.6) is 5.75 Å². The van der Waals surface area contributed by atoms with Gasteiger partial charge < -0.3 is 4.74 Å². The number of nitrogens with one attached hydrogen (secondary N) is 2.